The second kappa shape index (κ2) is 11.3. The molecule has 1 fully saturated rings. The summed E-state index contributed by atoms with van der Waals surface area (Å²) in [5.74, 6) is -15.4. The average Bonchev–Trinajstić information content (AvgIpc) is 2.96. The first-order valence-corrected chi connectivity index (χ1v) is 12.0. The minimum Gasteiger partial charge on any atom is -0.551 e. The highest BCUT2D eigenvalue weighted by atomic mass is 19.2. The van der Waals surface area contributed by atoms with Crippen LogP contribution in [0.1, 0.15) is 5.56 Å². The van der Waals surface area contributed by atoms with Gasteiger partial charge in [-0.25, -0.2) is 39.5 Å². The Morgan fingerprint density at radius 2 is 0.951 bits per heavy atom. The van der Waals surface area contributed by atoms with Crippen LogP contribution < -0.4 is 21.6 Å². The summed E-state index contributed by atoms with van der Waals surface area (Å²) < 4.78 is 144. The van der Waals surface area contributed by atoms with Gasteiger partial charge >= 0.3 is 20.9 Å². The maximum atomic E-state index is 14.4. The smallest absolute Gasteiger partial charge is 0.475 e. The fraction of sp³-hybridized carbons (Fsp3) is 0.0400. The molecule has 0 aliphatic carbocycles. The van der Waals surface area contributed by atoms with E-state index in [9.17, 15) is 39.5 Å². The van der Waals surface area contributed by atoms with Gasteiger partial charge in [-0.15, -0.1) is 0 Å². The van der Waals surface area contributed by atoms with Crippen molar-refractivity contribution in [3.63, 3.8) is 0 Å². The van der Waals surface area contributed by atoms with Gasteiger partial charge in [-0.2, -0.15) is 0 Å². The second-order valence-electron chi connectivity index (χ2n) is 9.16. The molecule has 0 unspecified atom stereocenters. The maximum Gasteiger partial charge on any atom is 0.475 e. The van der Waals surface area contributed by atoms with Gasteiger partial charge in [0.05, 0.1) is 6.54 Å². The maximum absolute atomic E-state index is 14.4. The van der Waals surface area contributed by atoms with Crippen LogP contribution in [0.15, 0.2) is 66.7 Å². The lowest BCUT2D eigenvalue weighted by Crippen LogP contribution is -3.07. The van der Waals surface area contributed by atoms with Gasteiger partial charge in [0, 0.05) is 5.56 Å². The highest BCUT2D eigenvalue weighted by Crippen LogP contribution is 2.20. The lowest BCUT2D eigenvalue weighted by atomic mass is 9.53. The number of halogens is 9. The molecular weight excluding hydrogens is 566 g/mol. The number of nitrogens with two attached hydrogens (primary N) is 1. The van der Waals surface area contributed by atoms with Crippen molar-refractivity contribution in [2.45, 2.75) is 6.54 Å². The van der Waals surface area contributed by atoms with E-state index in [0.717, 1.165) is 0 Å². The van der Waals surface area contributed by atoms with Crippen molar-refractivity contribution in [2.75, 3.05) is 0 Å². The predicted molar refractivity (Wildman–Crippen MR) is 130 cm³/mol. The molecule has 0 amide bonds. The van der Waals surface area contributed by atoms with E-state index in [2.05, 4.69) is 0 Å². The topological polar surface area (TPSA) is 44.3 Å². The van der Waals surface area contributed by atoms with Gasteiger partial charge in [0.1, 0.15) is 0 Å². The van der Waals surface area contributed by atoms with Crippen LogP contribution in [-0.2, 0) is 20.3 Å². The van der Waals surface area contributed by atoms with E-state index in [-0.39, 0.29) is 6.54 Å². The van der Waals surface area contributed by atoms with E-state index in [1.54, 1.807) is 30.3 Å². The molecule has 41 heavy (non-hydrogen) atoms. The summed E-state index contributed by atoms with van der Waals surface area (Å²) in [6, 6.07) is 11.5. The Hall–Kier alpha value is -3.72. The van der Waals surface area contributed by atoms with Crippen LogP contribution >= 0.6 is 0 Å². The van der Waals surface area contributed by atoms with Crippen LogP contribution in [0.5, 0.6) is 0 Å². The molecule has 4 nitrogen and oxygen atoms in total. The van der Waals surface area contributed by atoms with E-state index < -0.39 is 89.7 Å². The molecule has 0 atom stereocenters. The van der Waals surface area contributed by atoms with Crippen LogP contribution in [-0.4, -0.2) is 20.9 Å². The zero-order chi connectivity index (χ0) is 29.5. The third kappa shape index (κ3) is 5.73. The lowest BCUT2D eigenvalue weighted by molar-refractivity contribution is -0.570. The third-order valence-corrected chi connectivity index (χ3v) is 6.43. The zero-order valence-electron chi connectivity index (χ0n) is 20.5. The molecule has 2 N–H and O–H groups in total. The van der Waals surface area contributed by atoms with Crippen LogP contribution in [0.25, 0.3) is 0 Å². The summed E-state index contributed by atoms with van der Waals surface area (Å²) in [5.41, 5.74) is -0.858. The van der Waals surface area contributed by atoms with Crippen molar-refractivity contribution < 1.29 is 58.5 Å². The number of quaternary nitrogens is 1. The summed E-state index contributed by atoms with van der Waals surface area (Å²) >= 11 is 0. The van der Waals surface area contributed by atoms with Gasteiger partial charge in [-0.1, -0.05) is 35.8 Å². The molecule has 210 valence electrons. The standard InChI is InChI=1S/C25H15B3F9NO3/c29-17-6-14(7-18(30)23(17)35)26-39-27(15-8-19(31)24(36)20(32)9-15)41-28(40-26,38-12-13-4-2-1-3-5-13)16-10-21(33)25(37)22(34)11-16/h1-11H,12,38H2. The van der Waals surface area contributed by atoms with Gasteiger partial charge in [-0.3, -0.25) is 0 Å². The molecule has 1 aliphatic rings. The highest BCUT2D eigenvalue weighted by molar-refractivity contribution is 6.91. The van der Waals surface area contributed by atoms with E-state index in [1.165, 1.54) is 5.23 Å². The molecule has 1 aliphatic heterocycles. The van der Waals surface area contributed by atoms with Gasteiger partial charge in [0.15, 0.2) is 52.4 Å². The van der Waals surface area contributed by atoms with E-state index in [4.69, 9.17) is 13.7 Å². The fourth-order valence-electron chi connectivity index (χ4n) is 4.43. The van der Waals surface area contributed by atoms with Gasteiger partial charge in [0.2, 0.25) is 0 Å². The molecule has 0 aromatic heterocycles. The fourth-order valence-corrected chi connectivity index (χ4v) is 4.43. The molecule has 16 heteroatoms. The average molecular weight is 581 g/mol. The monoisotopic (exact) mass is 581 g/mol. The first kappa shape index (κ1) is 28.8. The molecule has 5 rings (SSSR count). The predicted octanol–water partition coefficient (Wildman–Crippen LogP) is 2.70. The minimum atomic E-state index is -3.37. The Morgan fingerprint density at radius 3 is 1.37 bits per heavy atom. The van der Waals surface area contributed by atoms with Gasteiger partial charge < -0.3 is 18.9 Å². The van der Waals surface area contributed by atoms with Crippen LogP contribution in [0.3, 0.4) is 0 Å². The van der Waals surface area contributed by atoms with Crippen molar-refractivity contribution in [3.8, 4) is 0 Å². The van der Waals surface area contributed by atoms with Crippen molar-refractivity contribution in [3.05, 3.63) is 125 Å². The minimum absolute atomic E-state index is 0.0425. The molecule has 0 saturated carbocycles. The molecule has 4 aromatic rings. The van der Waals surface area contributed by atoms with Crippen LogP contribution in [0, 0.1) is 52.4 Å². The van der Waals surface area contributed by atoms with Crippen LogP contribution in [0.2, 0.25) is 0 Å². The van der Waals surface area contributed by atoms with Gasteiger partial charge in [0.25, 0.3) is 0 Å². The first-order chi connectivity index (χ1) is 19.5. The van der Waals surface area contributed by atoms with E-state index in [0.29, 0.717) is 42.0 Å². The Labute approximate surface area is 227 Å². The van der Waals surface area contributed by atoms with Crippen molar-refractivity contribution in [2.24, 2.45) is 0 Å². The first-order valence-electron chi connectivity index (χ1n) is 12.0. The van der Waals surface area contributed by atoms with Crippen molar-refractivity contribution in [1.82, 2.24) is 0 Å². The molecule has 1 heterocycles. The largest absolute Gasteiger partial charge is 0.551 e. The number of benzene rings is 4. The summed E-state index contributed by atoms with van der Waals surface area (Å²) in [4.78, 5) is 0. The summed E-state index contributed by atoms with van der Waals surface area (Å²) in [6.07, 6.45) is 0. The quantitative estimate of drug-likeness (QED) is 0.217. The zero-order valence-corrected chi connectivity index (χ0v) is 20.5. The van der Waals surface area contributed by atoms with E-state index >= 15 is 0 Å². The molecule has 1 saturated heterocycles. The number of hydrogen-bond acceptors (Lipinski definition) is 3. The lowest BCUT2D eigenvalue weighted by Gasteiger charge is -2.47. The SMILES string of the molecule is Fc1cc(B2OB(c3cc(F)c(F)c(F)c3)O[B-]([NH2+]Cc3ccccc3)(c3cc(F)c(F)c(F)c3)O2)cc(F)c1F. The molecule has 0 radical (unpaired) electrons. The van der Waals surface area contributed by atoms with E-state index in [1.807, 2.05) is 0 Å². The summed E-state index contributed by atoms with van der Waals surface area (Å²) in [6.45, 7) is -3.41. The summed E-state index contributed by atoms with van der Waals surface area (Å²) in [5, 5.41) is 1.26. The molecule has 0 spiro atoms. The summed E-state index contributed by atoms with van der Waals surface area (Å²) in [7, 11) is -3.84. The van der Waals surface area contributed by atoms with Crippen molar-refractivity contribution >= 4 is 37.3 Å². The Kier molecular flexibility index (Phi) is 7.92. The Balaban J connectivity index is 1.68. The highest BCUT2D eigenvalue weighted by Gasteiger charge is 2.51. The molecular formula is C25H15B3F9NO3. The van der Waals surface area contributed by atoms with Crippen molar-refractivity contribution in [1.29, 1.82) is 0 Å². The number of rotatable bonds is 6. The number of hydrogen-bond donors (Lipinski definition) is 1. The second-order valence-corrected chi connectivity index (χ2v) is 9.16. The third-order valence-electron chi connectivity index (χ3n) is 6.43. The Morgan fingerprint density at radius 1 is 0.561 bits per heavy atom. The molecule has 4 aromatic carbocycles. The van der Waals surface area contributed by atoms with Crippen LogP contribution in [0.4, 0.5) is 39.5 Å². The Bertz CT molecular complexity index is 1480. The molecule has 0 bridgehead atoms. The van der Waals surface area contributed by atoms with Gasteiger partial charge in [-0.05, 0) is 47.3 Å². The normalized spacial score (nSPS) is 15.0.